The molecule has 0 radical (unpaired) electrons. The van der Waals surface area contributed by atoms with Gasteiger partial charge in [0.15, 0.2) is 0 Å². The number of hydrogen-bond donors (Lipinski definition) is 1. The van der Waals surface area contributed by atoms with Crippen LogP contribution in [0.5, 0.6) is 0 Å². The molecule has 1 aromatic heterocycles. The van der Waals surface area contributed by atoms with Crippen molar-refractivity contribution in [1.82, 2.24) is 9.88 Å². The van der Waals surface area contributed by atoms with E-state index in [-0.39, 0.29) is 11.9 Å². The Hall–Kier alpha value is -2.76. The monoisotopic (exact) mass is 358 g/mol. The smallest absolute Gasteiger partial charge is 0.253 e. The molecule has 1 unspecified atom stereocenters. The Morgan fingerprint density at radius 2 is 1.85 bits per heavy atom. The molecule has 1 aliphatic rings. The second-order valence-corrected chi connectivity index (χ2v) is 6.71. The van der Waals surface area contributed by atoms with Crippen molar-refractivity contribution in [1.29, 1.82) is 0 Å². The number of benzene rings is 2. The highest BCUT2D eigenvalue weighted by molar-refractivity contribution is 5.94. The molecule has 0 saturated carbocycles. The number of likely N-dealkylation sites (N-methyl/N-ethyl adjacent to an activating group) is 1. The van der Waals surface area contributed by atoms with Crippen LogP contribution in [0.1, 0.15) is 28.0 Å². The summed E-state index contributed by atoms with van der Waals surface area (Å²) >= 11 is 0. The lowest BCUT2D eigenvalue weighted by Crippen LogP contribution is -2.40. The molecule has 4 rings (SSSR count). The molecule has 6 heteroatoms. The van der Waals surface area contributed by atoms with Gasteiger partial charge in [0.25, 0.3) is 5.91 Å². The van der Waals surface area contributed by atoms with E-state index < -0.39 is 17.5 Å². The fourth-order valence-corrected chi connectivity index (χ4v) is 3.72. The molecule has 26 heavy (non-hydrogen) atoms. The minimum Gasteiger partial charge on any atom is -0.356 e. The molecule has 1 heterocycles. The van der Waals surface area contributed by atoms with Gasteiger partial charge in [0.2, 0.25) is 0 Å². The first-order valence-corrected chi connectivity index (χ1v) is 8.45. The molecule has 0 fully saturated rings. The summed E-state index contributed by atoms with van der Waals surface area (Å²) in [7, 11) is 1.71. The van der Waals surface area contributed by atoms with Gasteiger partial charge in [-0.05, 0) is 55.2 Å². The number of aryl methyl sites for hydroxylation is 1. The zero-order chi connectivity index (χ0) is 18.4. The van der Waals surface area contributed by atoms with E-state index in [1.54, 1.807) is 11.9 Å². The quantitative estimate of drug-likeness (QED) is 0.732. The van der Waals surface area contributed by atoms with Crippen LogP contribution in [0.4, 0.5) is 13.2 Å². The van der Waals surface area contributed by atoms with Crippen LogP contribution in [0.15, 0.2) is 36.4 Å². The second kappa shape index (κ2) is 6.20. The van der Waals surface area contributed by atoms with Gasteiger partial charge in [-0.3, -0.25) is 4.79 Å². The lowest BCUT2D eigenvalue weighted by atomic mass is 9.90. The molecule has 1 atom stereocenters. The molecular formula is C20H17F3N2O. The summed E-state index contributed by atoms with van der Waals surface area (Å²) in [5, 5.41) is 0.532. The molecule has 0 saturated heterocycles. The first-order chi connectivity index (χ1) is 12.4. The molecule has 1 amide bonds. The Morgan fingerprint density at radius 3 is 2.58 bits per heavy atom. The Kier molecular flexibility index (Phi) is 3.98. The number of carbonyl (C=O) groups is 1. The molecular weight excluding hydrogens is 341 g/mol. The number of halogens is 3. The molecule has 0 bridgehead atoms. The highest BCUT2D eigenvalue weighted by atomic mass is 19.1. The van der Waals surface area contributed by atoms with Gasteiger partial charge < -0.3 is 9.88 Å². The molecule has 0 spiro atoms. The predicted octanol–water partition coefficient (Wildman–Crippen LogP) is 4.21. The van der Waals surface area contributed by atoms with Gasteiger partial charge in [0.05, 0.1) is 5.52 Å². The largest absolute Gasteiger partial charge is 0.356 e. The molecule has 3 nitrogen and oxygen atoms in total. The van der Waals surface area contributed by atoms with E-state index in [4.69, 9.17) is 0 Å². The van der Waals surface area contributed by atoms with E-state index >= 15 is 0 Å². The standard InChI is InChI=1S/C20H17F3N2O/c1-25(20(26)11-2-4-12(21)5-3-11)14-6-7-18-15(10-14)16-8-13(22)9-17(23)19(16)24-18/h2-5,8-9,14,24H,6-7,10H2,1H3. The molecule has 3 aromatic rings. The topological polar surface area (TPSA) is 36.1 Å². The fraction of sp³-hybridized carbons (Fsp3) is 0.250. The number of nitrogens with zero attached hydrogens (tertiary/aromatic N) is 1. The maximum absolute atomic E-state index is 14.0. The minimum atomic E-state index is -0.616. The third-order valence-electron chi connectivity index (χ3n) is 5.15. The van der Waals surface area contributed by atoms with E-state index in [1.165, 1.54) is 30.3 Å². The lowest BCUT2D eigenvalue weighted by molar-refractivity contribution is 0.0719. The van der Waals surface area contributed by atoms with Crippen LogP contribution >= 0.6 is 0 Å². The van der Waals surface area contributed by atoms with Crippen LogP contribution in [0.3, 0.4) is 0 Å². The first-order valence-electron chi connectivity index (χ1n) is 8.45. The Bertz CT molecular complexity index is 994. The van der Waals surface area contributed by atoms with Crippen LogP contribution < -0.4 is 0 Å². The van der Waals surface area contributed by atoms with Gasteiger partial charge in [0.1, 0.15) is 17.5 Å². The lowest BCUT2D eigenvalue weighted by Gasteiger charge is -2.31. The maximum Gasteiger partial charge on any atom is 0.253 e. The summed E-state index contributed by atoms with van der Waals surface area (Å²) in [4.78, 5) is 17.3. The highest BCUT2D eigenvalue weighted by Crippen LogP contribution is 2.32. The average molecular weight is 358 g/mol. The number of aromatic nitrogens is 1. The van der Waals surface area contributed by atoms with Crippen molar-refractivity contribution < 1.29 is 18.0 Å². The van der Waals surface area contributed by atoms with Gasteiger partial charge in [-0.15, -0.1) is 0 Å². The van der Waals surface area contributed by atoms with E-state index in [1.807, 2.05) is 0 Å². The van der Waals surface area contributed by atoms with Crippen molar-refractivity contribution in [3.05, 3.63) is 70.7 Å². The summed E-state index contributed by atoms with van der Waals surface area (Å²) < 4.78 is 40.7. The number of amides is 1. The average Bonchev–Trinajstić information content (AvgIpc) is 2.99. The van der Waals surface area contributed by atoms with Gasteiger partial charge in [0, 0.05) is 35.8 Å². The van der Waals surface area contributed by atoms with Gasteiger partial charge in [-0.1, -0.05) is 0 Å². The summed E-state index contributed by atoms with van der Waals surface area (Å²) in [6.45, 7) is 0. The normalized spacial score (nSPS) is 16.5. The summed E-state index contributed by atoms with van der Waals surface area (Å²) in [5.41, 5.74) is 2.47. The molecule has 2 aromatic carbocycles. The minimum absolute atomic E-state index is 0.0922. The number of hydrogen-bond acceptors (Lipinski definition) is 1. The predicted molar refractivity (Wildman–Crippen MR) is 92.5 cm³/mol. The Morgan fingerprint density at radius 1 is 1.12 bits per heavy atom. The van der Waals surface area contributed by atoms with E-state index in [0.717, 1.165) is 17.3 Å². The van der Waals surface area contributed by atoms with Crippen molar-refractivity contribution in [2.24, 2.45) is 0 Å². The first kappa shape index (κ1) is 16.7. The van der Waals surface area contributed by atoms with Crippen molar-refractivity contribution >= 4 is 16.8 Å². The number of nitrogens with one attached hydrogen (secondary N) is 1. The van der Waals surface area contributed by atoms with Crippen LogP contribution in [-0.4, -0.2) is 28.9 Å². The van der Waals surface area contributed by atoms with Crippen molar-refractivity contribution in [2.45, 2.75) is 25.3 Å². The molecule has 134 valence electrons. The van der Waals surface area contributed by atoms with Crippen LogP contribution in [0.25, 0.3) is 10.9 Å². The van der Waals surface area contributed by atoms with Crippen molar-refractivity contribution in [3.8, 4) is 0 Å². The van der Waals surface area contributed by atoms with Crippen LogP contribution in [0, 0.1) is 17.5 Å². The van der Waals surface area contributed by atoms with Gasteiger partial charge >= 0.3 is 0 Å². The van der Waals surface area contributed by atoms with Crippen molar-refractivity contribution in [3.63, 3.8) is 0 Å². The number of rotatable bonds is 2. The van der Waals surface area contributed by atoms with Gasteiger partial charge in [-0.2, -0.15) is 0 Å². The summed E-state index contributed by atoms with van der Waals surface area (Å²) in [6, 6.07) is 7.53. The summed E-state index contributed by atoms with van der Waals surface area (Å²) in [5.74, 6) is -1.82. The Balaban J connectivity index is 1.63. The third kappa shape index (κ3) is 2.75. The third-order valence-corrected chi connectivity index (χ3v) is 5.15. The molecule has 1 aliphatic carbocycles. The number of H-pyrrole nitrogens is 1. The zero-order valence-electron chi connectivity index (χ0n) is 14.2. The zero-order valence-corrected chi connectivity index (χ0v) is 14.2. The molecule has 1 N–H and O–H groups in total. The van der Waals surface area contributed by atoms with Crippen molar-refractivity contribution in [2.75, 3.05) is 7.05 Å². The second-order valence-electron chi connectivity index (χ2n) is 6.71. The molecule has 0 aliphatic heterocycles. The Labute approximate surface area is 148 Å². The highest BCUT2D eigenvalue weighted by Gasteiger charge is 2.29. The van der Waals surface area contributed by atoms with Crippen LogP contribution in [0.2, 0.25) is 0 Å². The van der Waals surface area contributed by atoms with Crippen LogP contribution in [-0.2, 0) is 12.8 Å². The van der Waals surface area contributed by atoms with E-state index in [2.05, 4.69) is 4.98 Å². The number of aromatic amines is 1. The summed E-state index contributed by atoms with van der Waals surface area (Å²) in [6.07, 6.45) is 1.88. The van der Waals surface area contributed by atoms with E-state index in [9.17, 15) is 18.0 Å². The van der Waals surface area contributed by atoms with E-state index in [0.29, 0.717) is 35.7 Å². The maximum atomic E-state index is 14.0. The SMILES string of the molecule is CN(C(=O)c1ccc(F)cc1)C1CCc2[nH]c3c(F)cc(F)cc3c2C1. The number of fused-ring (bicyclic) bond motifs is 3. The van der Waals surface area contributed by atoms with Gasteiger partial charge in [-0.25, -0.2) is 13.2 Å². The number of carbonyl (C=O) groups excluding carboxylic acids is 1. The fourth-order valence-electron chi connectivity index (χ4n) is 3.72.